The zero-order valence-electron chi connectivity index (χ0n) is 8.66. The molecular weight excluding hydrogens is 251 g/mol. The van der Waals surface area contributed by atoms with E-state index >= 15 is 0 Å². The highest BCUT2D eigenvalue weighted by Gasteiger charge is 2.27. The van der Waals surface area contributed by atoms with Crippen molar-refractivity contribution in [1.82, 2.24) is 5.27 Å². The number of hydrogen-bond donors (Lipinski definition) is 1. The fraction of sp³-hybridized carbons (Fsp3) is 0.100. The summed E-state index contributed by atoms with van der Waals surface area (Å²) in [6.07, 6.45) is 0. The van der Waals surface area contributed by atoms with Crippen LogP contribution < -0.4 is 10.3 Å². The van der Waals surface area contributed by atoms with Gasteiger partial charge in [-0.15, -0.1) is 0 Å². The first-order valence-corrected chi connectivity index (χ1v) is 4.98. The lowest BCUT2D eigenvalue weighted by Crippen LogP contribution is -2.40. The van der Waals surface area contributed by atoms with Crippen LogP contribution in [0, 0.1) is 5.82 Å². The first kappa shape index (κ1) is 11.5. The molecule has 0 saturated heterocycles. The number of rotatable bonds is 2. The molecule has 2 rings (SSSR count). The van der Waals surface area contributed by atoms with Crippen molar-refractivity contribution >= 4 is 17.4 Å². The molecule has 0 saturated carbocycles. The smallest absolute Gasteiger partial charge is 0.287 e. The summed E-state index contributed by atoms with van der Waals surface area (Å²) in [6, 6.07) is 3.76. The molecule has 7 heteroatoms. The van der Waals surface area contributed by atoms with E-state index < -0.39 is 17.2 Å². The molecule has 2 aromatic rings. The molecule has 0 amide bonds. The maximum atomic E-state index is 13.0. The van der Waals surface area contributed by atoms with Crippen molar-refractivity contribution in [2.75, 3.05) is 0 Å². The number of nitrogens with one attached hydrogen (secondary N) is 1. The normalized spacial score (nSPS) is 10.5. The van der Waals surface area contributed by atoms with Crippen molar-refractivity contribution < 1.29 is 18.4 Å². The van der Waals surface area contributed by atoms with Crippen LogP contribution in [0.1, 0.15) is 17.4 Å². The van der Waals surface area contributed by atoms with Gasteiger partial charge in [0.2, 0.25) is 11.5 Å². The van der Waals surface area contributed by atoms with Crippen molar-refractivity contribution in [3.63, 3.8) is 0 Å². The summed E-state index contributed by atoms with van der Waals surface area (Å²) in [5.74, 6) is -1.06. The number of ketones is 1. The average molecular weight is 258 g/mol. The molecule has 88 valence electrons. The second kappa shape index (κ2) is 4.14. The van der Waals surface area contributed by atoms with E-state index in [1.807, 2.05) is 0 Å². The molecule has 0 radical (unpaired) electrons. The van der Waals surface area contributed by atoms with Gasteiger partial charge >= 0.3 is 11.3 Å². The SMILES string of the molecule is CC(=O)c1c(=O)o[nH][n+]1-c1ccc(F)c(Cl)c1. The molecule has 1 N–H and O–H groups in total. The highest BCUT2D eigenvalue weighted by molar-refractivity contribution is 6.30. The Hall–Kier alpha value is -1.95. The van der Waals surface area contributed by atoms with Gasteiger partial charge in [0.25, 0.3) is 0 Å². The Kier molecular flexibility index (Phi) is 2.81. The van der Waals surface area contributed by atoms with Crippen LogP contribution in [0.2, 0.25) is 5.02 Å². The van der Waals surface area contributed by atoms with Crippen LogP contribution in [-0.4, -0.2) is 11.1 Å². The standard InChI is InChI=1S/C10H6ClFN2O3/c1-5(15)9-10(16)17-13-14(9)6-2-3-8(12)7(11)4-6/h2-4H,1H3/p+1. The highest BCUT2D eigenvalue weighted by atomic mass is 35.5. The summed E-state index contributed by atoms with van der Waals surface area (Å²) < 4.78 is 18.6. The molecule has 0 spiro atoms. The molecular formula is C10H7ClFN2O3+. The maximum absolute atomic E-state index is 13.0. The number of benzene rings is 1. The molecule has 1 aromatic carbocycles. The zero-order chi connectivity index (χ0) is 12.6. The second-order valence-electron chi connectivity index (χ2n) is 3.32. The number of nitrogens with zero attached hydrogens (tertiary/aromatic N) is 1. The number of carbonyl (C=O) groups is 1. The third kappa shape index (κ3) is 1.99. The van der Waals surface area contributed by atoms with Crippen molar-refractivity contribution in [3.05, 3.63) is 45.2 Å². The van der Waals surface area contributed by atoms with Crippen LogP contribution >= 0.6 is 11.6 Å². The van der Waals surface area contributed by atoms with Crippen LogP contribution in [0.4, 0.5) is 4.39 Å². The quantitative estimate of drug-likeness (QED) is 0.650. The van der Waals surface area contributed by atoms with Crippen LogP contribution in [0.15, 0.2) is 27.5 Å². The summed E-state index contributed by atoms with van der Waals surface area (Å²) in [6.45, 7) is 1.22. The number of carbonyl (C=O) groups excluding carboxylic acids is 1. The molecule has 1 aromatic heterocycles. The van der Waals surface area contributed by atoms with Crippen LogP contribution in [0.5, 0.6) is 0 Å². The Balaban J connectivity index is 2.65. The van der Waals surface area contributed by atoms with Gasteiger partial charge in [0.1, 0.15) is 5.82 Å². The Morgan fingerprint density at radius 2 is 2.24 bits per heavy atom. The maximum Gasteiger partial charge on any atom is 0.438 e. The Bertz CT molecular complexity index is 647. The number of hydrogen-bond acceptors (Lipinski definition) is 3. The summed E-state index contributed by atoms with van der Waals surface area (Å²) >= 11 is 5.61. The molecule has 0 bridgehead atoms. The third-order valence-corrected chi connectivity index (χ3v) is 2.43. The van der Waals surface area contributed by atoms with E-state index in [0.717, 1.165) is 10.7 Å². The molecule has 1 heterocycles. The lowest BCUT2D eigenvalue weighted by atomic mass is 10.3. The zero-order valence-corrected chi connectivity index (χ0v) is 9.42. The van der Waals surface area contributed by atoms with Crippen LogP contribution in [0.3, 0.4) is 0 Å². The van der Waals surface area contributed by atoms with E-state index in [1.54, 1.807) is 0 Å². The minimum atomic E-state index is -0.794. The Morgan fingerprint density at radius 1 is 1.53 bits per heavy atom. The molecule has 0 unspecified atom stereocenters. The lowest BCUT2D eigenvalue weighted by Gasteiger charge is -1.94. The van der Waals surface area contributed by atoms with Crippen molar-refractivity contribution in [2.45, 2.75) is 6.92 Å². The topological polar surface area (TPSA) is 67.0 Å². The van der Waals surface area contributed by atoms with Crippen molar-refractivity contribution in [1.29, 1.82) is 0 Å². The van der Waals surface area contributed by atoms with Gasteiger partial charge in [0.05, 0.1) is 5.02 Å². The van der Waals surface area contributed by atoms with Gasteiger partial charge in [0, 0.05) is 19.1 Å². The third-order valence-electron chi connectivity index (χ3n) is 2.14. The van der Waals surface area contributed by atoms with Gasteiger partial charge in [-0.3, -0.25) is 9.32 Å². The molecule has 17 heavy (non-hydrogen) atoms. The summed E-state index contributed by atoms with van der Waals surface area (Å²) in [4.78, 5) is 22.5. The highest BCUT2D eigenvalue weighted by Crippen LogP contribution is 2.15. The second-order valence-corrected chi connectivity index (χ2v) is 3.73. The summed E-state index contributed by atoms with van der Waals surface area (Å²) in [5, 5.41) is 2.13. The summed E-state index contributed by atoms with van der Waals surface area (Å²) in [5.41, 5.74) is -0.655. The fourth-order valence-electron chi connectivity index (χ4n) is 1.38. The van der Waals surface area contributed by atoms with Gasteiger partial charge in [-0.05, 0) is 16.0 Å². The van der Waals surface area contributed by atoms with E-state index in [0.29, 0.717) is 5.69 Å². The predicted molar refractivity (Wildman–Crippen MR) is 55.8 cm³/mol. The van der Waals surface area contributed by atoms with Crippen LogP contribution in [0.25, 0.3) is 5.69 Å². The number of aromatic amines is 1. The molecule has 5 nitrogen and oxygen atoms in total. The van der Waals surface area contributed by atoms with E-state index in [1.165, 1.54) is 19.1 Å². The first-order chi connectivity index (χ1) is 8.00. The molecule has 0 aliphatic rings. The average Bonchev–Trinajstić information content (AvgIpc) is 2.64. The van der Waals surface area contributed by atoms with Gasteiger partial charge < -0.3 is 0 Å². The number of aromatic nitrogens is 2. The van der Waals surface area contributed by atoms with Crippen molar-refractivity contribution in [2.24, 2.45) is 0 Å². The predicted octanol–water partition coefficient (Wildman–Crippen LogP) is 1.24. The fourth-order valence-corrected chi connectivity index (χ4v) is 1.55. The minimum absolute atomic E-state index is 0.119. The van der Waals surface area contributed by atoms with Gasteiger partial charge in [0.15, 0.2) is 0 Å². The van der Waals surface area contributed by atoms with Gasteiger partial charge in [-0.2, -0.15) is 0 Å². The molecule has 0 aliphatic carbocycles. The Morgan fingerprint density at radius 3 is 2.82 bits per heavy atom. The summed E-state index contributed by atoms with van der Waals surface area (Å²) in [7, 11) is 0. The monoisotopic (exact) mass is 257 g/mol. The largest absolute Gasteiger partial charge is 0.438 e. The van der Waals surface area contributed by atoms with E-state index in [9.17, 15) is 14.0 Å². The number of halogens is 2. The van der Waals surface area contributed by atoms with E-state index in [2.05, 4.69) is 9.79 Å². The van der Waals surface area contributed by atoms with Gasteiger partial charge in [-0.25, -0.2) is 9.18 Å². The van der Waals surface area contributed by atoms with Crippen LogP contribution in [-0.2, 0) is 0 Å². The number of H-pyrrole nitrogens is 1. The number of Topliss-reactive ketones (excluding diaryl/α,β-unsaturated/α-hetero) is 1. The lowest BCUT2D eigenvalue weighted by molar-refractivity contribution is -0.672. The first-order valence-electron chi connectivity index (χ1n) is 4.60. The van der Waals surface area contributed by atoms with E-state index in [4.69, 9.17) is 11.6 Å². The van der Waals surface area contributed by atoms with Gasteiger partial charge in [-0.1, -0.05) is 11.6 Å². The van der Waals surface area contributed by atoms with E-state index in [-0.39, 0.29) is 10.7 Å². The molecule has 0 atom stereocenters. The van der Waals surface area contributed by atoms with Crippen molar-refractivity contribution in [3.8, 4) is 5.69 Å². The minimum Gasteiger partial charge on any atom is -0.287 e. The molecule has 0 fully saturated rings. The Labute approximate surface area is 99.4 Å². The molecule has 0 aliphatic heterocycles.